The van der Waals surface area contributed by atoms with Crippen molar-refractivity contribution < 1.29 is 4.39 Å². The zero-order valence-electron chi connectivity index (χ0n) is 7.68. The van der Waals surface area contributed by atoms with Crippen LogP contribution in [0.15, 0.2) is 51.4 Å². The Bertz CT molecular complexity index is 457. The SMILES string of the molecule is Fc1cc(Br)c(-c2ccccc2)c(Br)c1. The average molecular weight is 330 g/mol. The Morgan fingerprint density at radius 2 is 1.40 bits per heavy atom. The van der Waals surface area contributed by atoms with Crippen LogP contribution in [0.2, 0.25) is 0 Å². The second-order valence-electron chi connectivity index (χ2n) is 3.11. The van der Waals surface area contributed by atoms with Gasteiger partial charge in [0.15, 0.2) is 0 Å². The standard InChI is InChI=1S/C12H7Br2F/c13-10-6-9(15)7-11(14)12(10)8-4-2-1-3-5-8/h1-7H. The Balaban J connectivity index is 2.64. The number of hydrogen-bond acceptors (Lipinski definition) is 0. The highest BCUT2D eigenvalue weighted by Crippen LogP contribution is 2.35. The van der Waals surface area contributed by atoms with Crippen LogP contribution in [0.4, 0.5) is 4.39 Å². The highest BCUT2D eigenvalue weighted by molar-refractivity contribution is 9.11. The zero-order chi connectivity index (χ0) is 10.8. The number of benzene rings is 2. The van der Waals surface area contributed by atoms with Crippen molar-refractivity contribution in [2.45, 2.75) is 0 Å². The van der Waals surface area contributed by atoms with Gasteiger partial charge >= 0.3 is 0 Å². The summed E-state index contributed by atoms with van der Waals surface area (Å²) in [6, 6.07) is 12.8. The summed E-state index contributed by atoms with van der Waals surface area (Å²) in [6.45, 7) is 0. The van der Waals surface area contributed by atoms with Gasteiger partial charge in [0.05, 0.1) is 0 Å². The molecule has 0 saturated heterocycles. The molecule has 0 heterocycles. The molecule has 0 N–H and O–H groups in total. The smallest absolute Gasteiger partial charge is 0.125 e. The van der Waals surface area contributed by atoms with Gasteiger partial charge in [-0.25, -0.2) is 4.39 Å². The van der Waals surface area contributed by atoms with E-state index >= 15 is 0 Å². The summed E-state index contributed by atoms with van der Waals surface area (Å²) in [4.78, 5) is 0. The fraction of sp³-hybridized carbons (Fsp3) is 0. The fourth-order valence-corrected chi connectivity index (χ4v) is 3.01. The van der Waals surface area contributed by atoms with Gasteiger partial charge in [-0.2, -0.15) is 0 Å². The number of rotatable bonds is 1. The second kappa shape index (κ2) is 4.45. The van der Waals surface area contributed by atoms with Gasteiger partial charge in [-0.15, -0.1) is 0 Å². The predicted molar refractivity (Wildman–Crippen MR) is 67.2 cm³/mol. The third-order valence-electron chi connectivity index (χ3n) is 2.07. The summed E-state index contributed by atoms with van der Waals surface area (Å²) in [5.74, 6) is -0.256. The minimum absolute atomic E-state index is 0.256. The molecule has 0 fully saturated rings. The lowest BCUT2D eigenvalue weighted by Crippen LogP contribution is -1.84. The Kier molecular flexibility index (Phi) is 3.22. The average Bonchev–Trinajstić information content (AvgIpc) is 2.17. The highest BCUT2D eigenvalue weighted by atomic mass is 79.9. The monoisotopic (exact) mass is 328 g/mol. The van der Waals surface area contributed by atoms with Crippen LogP contribution in [-0.4, -0.2) is 0 Å². The van der Waals surface area contributed by atoms with Gasteiger partial charge in [0.1, 0.15) is 5.82 Å². The first kappa shape index (κ1) is 10.8. The lowest BCUT2D eigenvalue weighted by Gasteiger charge is -2.07. The Labute approximate surface area is 104 Å². The molecule has 2 rings (SSSR count). The van der Waals surface area contributed by atoms with Crippen molar-refractivity contribution in [2.75, 3.05) is 0 Å². The molecule has 0 aliphatic heterocycles. The first-order valence-electron chi connectivity index (χ1n) is 4.38. The maximum absolute atomic E-state index is 13.1. The predicted octanol–water partition coefficient (Wildman–Crippen LogP) is 5.02. The molecule has 0 amide bonds. The van der Waals surface area contributed by atoms with Gasteiger partial charge < -0.3 is 0 Å². The van der Waals surface area contributed by atoms with E-state index in [0.29, 0.717) is 0 Å². The van der Waals surface area contributed by atoms with Gasteiger partial charge in [0.2, 0.25) is 0 Å². The van der Waals surface area contributed by atoms with Crippen LogP contribution in [0.3, 0.4) is 0 Å². The first-order chi connectivity index (χ1) is 7.18. The molecular formula is C12H7Br2F. The molecule has 0 aromatic heterocycles. The molecule has 2 aromatic carbocycles. The van der Waals surface area contributed by atoms with E-state index in [-0.39, 0.29) is 5.82 Å². The maximum atomic E-state index is 13.1. The van der Waals surface area contributed by atoms with E-state index in [1.807, 2.05) is 30.3 Å². The van der Waals surface area contributed by atoms with Gasteiger partial charge in [0.25, 0.3) is 0 Å². The van der Waals surface area contributed by atoms with Crippen LogP contribution in [-0.2, 0) is 0 Å². The molecular weight excluding hydrogens is 323 g/mol. The molecule has 0 unspecified atom stereocenters. The van der Waals surface area contributed by atoms with Crippen LogP contribution in [0.5, 0.6) is 0 Å². The summed E-state index contributed by atoms with van der Waals surface area (Å²) in [7, 11) is 0. The topological polar surface area (TPSA) is 0 Å². The molecule has 0 saturated carbocycles. The number of halogens is 3. The molecule has 0 bridgehead atoms. The Morgan fingerprint density at radius 3 is 1.93 bits per heavy atom. The minimum Gasteiger partial charge on any atom is -0.207 e. The van der Waals surface area contributed by atoms with Crippen molar-refractivity contribution in [2.24, 2.45) is 0 Å². The molecule has 2 aromatic rings. The van der Waals surface area contributed by atoms with E-state index in [1.165, 1.54) is 12.1 Å². The van der Waals surface area contributed by atoms with E-state index < -0.39 is 0 Å². The highest BCUT2D eigenvalue weighted by Gasteiger charge is 2.09. The van der Waals surface area contributed by atoms with E-state index in [0.717, 1.165) is 20.1 Å². The zero-order valence-corrected chi connectivity index (χ0v) is 10.8. The van der Waals surface area contributed by atoms with Crippen molar-refractivity contribution in [1.29, 1.82) is 0 Å². The summed E-state index contributed by atoms with van der Waals surface area (Å²) in [5.41, 5.74) is 2.02. The fourth-order valence-electron chi connectivity index (χ4n) is 1.42. The van der Waals surface area contributed by atoms with E-state index in [9.17, 15) is 4.39 Å². The molecule has 76 valence electrons. The maximum Gasteiger partial charge on any atom is 0.125 e. The molecule has 0 nitrogen and oxygen atoms in total. The largest absolute Gasteiger partial charge is 0.207 e. The van der Waals surface area contributed by atoms with Gasteiger partial charge in [-0.05, 0) is 17.7 Å². The Hall–Kier alpha value is -0.670. The van der Waals surface area contributed by atoms with Crippen LogP contribution in [0.1, 0.15) is 0 Å². The van der Waals surface area contributed by atoms with Crippen LogP contribution < -0.4 is 0 Å². The summed E-state index contributed by atoms with van der Waals surface area (Å²) in [6.07, 6.45) is 0. The third-order valence-corrected chi connectivity index (χ3v) is 3.32. The lowest BCUT2D eigenvalue weighted by atomic mass is 10.1. The molecule has 0 aliphatic rings. The van der Waals surface area contributed by atoms with Crippen molar-refractivity contribution in [1.82, 2.24) is 0 Å². The number of hydrogen-bond donors (Lipinski definition) is 0. The quantitative estimate of drug-likeness (QED) is 0.689. The molecule has 0 aliphatic carbocycles. The first-order valence-corrected chi connectivity index (χ1v) is 5.97. The van der Waals surface area contributed by atoms with E-state index in [1.54, 1.807) is 0 Å². The Morgan fingerprint density at radius 1 is 0.867 bits per heavy atom. The van der Waals surface area contributed by atoms with Crippen molar-refractivity contribution >= 4 is 31.9 Å². The normalized spacial score (nSPS) is 10.3. The van der Waals surface area contributed by atoms with Gasteiger partial charge in [-0.3, -0.25) is 0 Å². The minimum atomic E-state index is -0.256. The van der Waals surface area contributed by atoms with Crippen LogP contribution >= 0.6 is 31.9 Å². The van der Waals surface area contributed by atoms with Crippen molar-refractivity contribution in [3.63, 3.8) is 0 Å². The lowest BCUT2D eigenvalue weighted by molar-refractivity contribution is 0.626. The van der Waals surface area contributed by atoms with Crippen molar-refractivity contribution in [3.05, 3.63) is 57.2 Å². The molecule has 3 heteroatoms. The molecule has 0 atom stereocenters. The van der Waals surface area contributed by atoms with Gasteiger partial charge in [-0.1, -0.05) is 62.2 Å². The molecule has 0 radical (unpaired) electrons. The second-order valence-corrected chi connectivity index (χ2v) is 4.82. The van der Waals surface area contributed by atoms with Crippen molar-refractivity contribution in [3.8, 4) is 11.1 Å². The third kappa shape index (κ3) is 2.29. The van der Waals surface area contributed by atoms with E-state index in [4.69, 9.17) is 0 Å². The van der Waals surface area contributed by atoms with Gasteiger partial charge in [0, 0.05) is 14.5 Å². The summed E-state index contributed by atoms with van der Waals surface area (Å²) in [5, 5.41) is 0. The summed E-state index contributed by atoms with van der Waals surface area (Å²) < 4.78 is 14.6. The summed E-state index contributed by atoms with van der Waals surface area (Å²) >= 11 is 6.73. The van der Waals surface area contributed by atoms with E-state index in [2.05, 4.69) is 31.9 Å². The molecule has 0 spiro atoms. The molecule has 15 heavy (non-hydrogen) atoms. The van der Waals surface area contributed by atoms with Crippen LogP contribution in [0.25, 0.3) is 11.1 Å². The van der Waals surface area contributed by atoms with Crippen LogP contribution in [0, 0.1) is 5.82 Å².